The second-order valence-corrected chi connectivity index (χ2v) is 5.65. The third-order valence-corrected chi connectivity index (χ3v) is 3.90. The van der Waals surface area contributed by atoms with Crippen LogP contribution in [0.3, 0.4) is 0 Å². The molecule has 18 heavy (non-hydrogen) atoms. The van der Waals surface area contributed by atoms with Crippen LogP contribution in [0.2, 0.25) is 4.34 Å². The van der Waals surface area contributed by atoms with E-state index in [1.54, 1.807) is 17.6 Å². The van der Waals surface area contributed by atoms with E-state index in [0.29, 0.717) is 0 Å². The molecular weight excluding hydrogens is 266 g/mol. The smallest absolute Gasteiger partial charge is 0.126 e. The van der Waals surface area contributed by atoms with E-state index in [1.165, 1.54) is 4.88 Å². The Morgan fingerprint density at radius 2 is 2.33 bits per heavy atom. The summed E-state index contributed by atoms with van der Waals surface area (Å²) in [6, 6.07) is 7.95. The standard InChI is InChI=1S/C14H16ClNOS/c1-2-3-4-9-16-14(11-6-5-10-17-11)12-7-8-13(15)18-12/h2-3,5-8,10,14,16H,4,9H2,1H3/b3-2+. The molecule has 1 atom stereocenters. The lowest BCUT2D eigenvalue weighted by Crippen LogP contribution is -2.22. The van der Waals surface area contributed by atoms with Gasteiger partial charge in [-0.25, -0.2) is 0 Å². The van der Waals surface area contributed by atoms with E-state index in [1.807, 2.05) is 31.2 Å². The maximum Gasteiger partial charge on any atom is 0.126 e. The third-order valence-electron chi connectivity index (χ3n) is 2.60. The molecule has 0 saturated heterocycles. The van der Waals surface area contributed by atoms with Gasteiger partial charge in [0.2, 0.25) is 0 Å². The SMILES string of the molecule is C/C=C/CCNC(c1ccco1)c1ccc(Cl)s1. The quantitative estimate of drug-likeness (QED) is 0.616. The number of furan rings is 1. The summed E-state index contributed by atoms with van der Waals surface area (Å²) in [5, 5.41) is 3.49. The van der Waals surface area contributed by atoms with Crippen molar-refractivity contribution in [3.63, 3.8) is 0 Å². The molecule has 0 aliphatic carbocycles. The van der Waals surface area contributed by atoms with E-state index in [4.69, 9.17) is 16.0 Å². The molecule has 0 aliphatic rings. The van der Waals surface area contributed by atoms with Gasteiger partial charge in [0.25, 0.3) is 0 Å². The van der Waals surface area contributed by atoms with Crippen molar-refractivity contribution in [3.8, 4) is 0 Å². The summed E-state index contributed by atoms with van der Waals surface area (Å²) in [6.07, 6.45) is 6.91. The van der Waals surface area contributed by atoms with Crippen molar-refractivity contribution in [3.05, 3.63) is 57.7 Å². The molecule has 4 heteroatoms. The van der Waals surface area contributed by atoms with Gasteiger partial charge in [0.1, 0.15) is 11.8 Å². The summed E-state index contributed by atoms with van der Waals surface area (Å²) in [6.45, 7) is 2.94. The Labute approximate surface area is 116 Å². The van der Waals surface area contributed by atoms with Gasteiger partial charge in [-0.15, -0.1) is 11.3 Å². The Hall–Kier alpha value is -1.03. The zero-order valence-electron chi connectivity index (χ0n) is 10.2. The molecule has 2 nitrogen and oxygen atoms in total. The summed E-state index contributed by atoms with van der Waals surface area (Å²) in [7, 11) is 0. The van der Waals surface area contributed by atoms with Crippen LogP contribution in [0, 0.1) is 0 Å². The van der Waals surface area contributed by atoms with Gasteiger partial charge in [-0.1, -0.05) is 23.8 Å². The lowest BCUT2D eigenvalue weighted by Gasteiger charge is -2.14. The van der Waals surface area contributed by atoms with E-state index < -0.39 is 0 Å². The van der Waals surface area contributed by atoms with Crippen LogP contribution >= 0.6 is 22.9 Å². The predicted octanol–water partition coefficient (Wildman–Crippen LogP) is 4.64. The third kappa shape index (κ3) is 3.48. The molecule has 0 aliphatic heterocycles. The molecule has 0 radical (unpaired) electrons. The molecule has 0 aromatic carbocycles. The minimum Gasteiger partial charge on any atom is -0.467 e. The number of hydrogen-bond acceptors (Lipinski definition) is 3. The largest absolute Gasteiger partial charge is 0.467 e. The normalized spacial score (nSPS) is 13.2. The molecule has 0 saturated carbocycles. The highest BCUT2D eigenvalue weighted by Crippen LogP contribution is 2.31. The van der Waals surface area contributed by atoms with Crippen molar-refractivity contribution in [1.82, 2.24) is 5.32 Å². The summed E-state index contributed by atoms with van der Waals surface area (Å²) in [5.74, 6) is 0.925. The number of rotatable bonds is 6. The maximum atomic E-state index is 6.00. The Balaban J connectivity index is 2.08. The van der Waals surface area contributed by atoms with Crippen LogP contribution in [0.1, 0.15) is 30.0 Å². The van der Waals surface area contributed by atoms with E-state index >= 15 is 0 Å². The van der Waals surface area contributed by atoms with Gasteiger partial charge in [-0.05, 0) is 44.2 Å². The molecule has 0 bridgehead atoms. The first-order valence-corrected chi connectivity index (χ1v) is 7.14. The Morgan fingerprint density at radius 3 is 2.94 bits per heavy atom. The molecule has 2 heterocycles. The zero-order chi connectivity index (χ0) is 12.8. The molecule has 0 fully saturated rings. The second-order valence-electron chi connectivity index (χ2n) is 3.90. The van der Waals surface area contributed by atoms with E-state index in [9.17, 15) is 0 Å². The van der Waals surface area contributed by atoms with Crippen LogP contribution in [0.25, 0.3) is 0 Å². The number of allylic oxidation sites excluding steroid dienone is 1. The highest BCUT2D eigenvalue weighted by molar-refractivity contribution is 7.16. The average Bonchev–Trinajstić information content (AvgIpc) is 3.01. The maximum absolute atomic E-state index is 6.00. The van der Waals surface area contributed by atoms with Crippen molar-refractivity contribution in [2.24, 2.45) is 0 Å². The second kappa shape index (κ2) is 6.78. The Kier molecular flexibility index (Phi) is 5.05. The predicted molar refractivity (Wildman–Crippen MR) is 77.3 cm³/mol. The number of hydrogen-bond donors (Lipinski definition) is 1. The number of halogens is 1. The first-order valence-electron chi connectivity index (χ1n) is 5.94. The summed E-state index contributed by atoms with van der Waals surface area (Å²) < 4.78 is 6.30. The van der Waals surface area contributed by atoms with Crippen molar-refractivity contribution < 1.29 is 4.42 Å². The molecule has 0 amide bonds. The van der Waals surface area contributed by atoms with E-state index in [2.05, 4.69) is 17.5 Å². The van der Waals surface area contributed by atoms with E-state index in [-0.39, 0.29) is 6.04 Å². The van der Waals surface area contributed by atoms with Crippen molar-refractivity contribution in [2.75, 3.05) is 6.54 Å². The van der Waals surface area contributed by atoms with Gasteiger partial charge >= 0.3 is 0 Å². The summed E-state index contributed by atoms with van der Waals surface area (Å²) in [4.78, 5) is 1.18. The van der Waals surface area contributed by atoms with Crippen molar-refractivity contribution in [1.29, 1.82) is 0 Å². The first-order chi connectivity index (χ1) is 8.81. The van der Waals surface area contributed by atoms with Gasteiger partial charge in [0.05, 0.1) is 10.6 Å². The van der Waals surface area contributed by atoms with E-state index in [0.717, 1.165) is 23.1 Å². The summed E-state index contributed by atoms with van der Waals surface area (Å²) in [5.41, 5.74) is 0. The molecule has 2 aromatic rings. The fourth-order valence-electron chi connectivity index (χ4n) is 1.76. The fourth-order valence-corrected chi connectivity index (χ4v) is 2.90. The Morgan fingerprint density at radius 1 is 1.44 bits per heavy atom. The van der Waals surface area contributed by atoms with Crippen molar-refractivity contribution >= 4 is 22.9 Å². The van der Waals surface area contributed by atoms with Crippen LogP contribution in [0.4, 0.5) is 0 Å². The average molecular weight is 282 g/mol. The molecule has 96 valence electrons. The molecule has 2 rings (SSSR count). The number of nitrogens with one attached hydrogen (secondary N) is 1. The van der Waals surface area contributed by atoms with Gasteiger partial charge < -0.3 is 9.73 Å². The fraction of sp³-hybridized carbons (Fsp3) is 0.286. The van der Waals surface area contributed by atoms with Crippen LogP contribution in [0.5, 0.6) is 0 Å². The van der Waals surface area contributed by atoms with Crippen LogP contribution in [-0.2, 0) is 0 Å². The lowest BCUT2D eigenvalue weighted by atomic mass is 10.2. The number of thiophene rings is 1. The first kappa shape index (κ1) is 13.4. The molecule has 2 aromatic heterocycles. The Bertz CT molecular complexity index is 490. The molecule has 0 spiro atoms. The topological polar surface area (TPSA) is 25.2 Å². The molecule has 1 N–H and O–H groups in total. The lowest BCUT2D eigenvalue weighted by molar-refractivity contribution is 0.452. The van der Waals surface area contributed by atoms with Gasteiger partial charge in [0.15, 0.2) is 0 Å². The van der Waals surface area contributed by atoms with Crippen LogP contribution in [-0.4, -0.2) is 6.54 Å². The summed E-state index contributed by atoms with van der Waals surface area (Å²) >= 11 is 7.58. The monoisotopic (exact) mass is 281 g/mol. The van der Waals surface area contributed by atoms with Crippen molar-refractivity contribution in [2.45, 2.75) is 19.4 Å². The highest BCUT2D eigenvalue weighted by atomic mass is 35.5. The van der Waals surface area contributed by atoms with Gasteiger partial charge in [-0.3, -0.25) is 0 Å². The minimum absolute atomic E-state index is 0.0859. The minimum atomic E-state index is 0.0859. The zero-order valence-corrected chi connectivity index (χ0v) is 11.8. The molecular formula is C14H16ClNOS. The highest BCUT2D eigenvalue weighted by Gasteiger charge is 2.17. The van der Waals surface area contributed by atoms with Gasteiger partial charge in [-0.2, -0.15) is 0 Å². The van der Waals surface area contributed by atoms with Crippen LogP contribution in [0.15, 0.2) is 47.1 Å². The van der Waals surface area contributed by atoms with Crippen LogP contribution < -0.4 is 5.32 Å². The van der Waals surface area contributed by atoms with Gasteiger partial charge in [0, 0.05) is 4.88 Å². The molecule has 1 unspecified atom stereocenters.